The fourth-order valence-corrected chi connectivity index (χ4v) is 3.17. The Morgan fingerprint density at radius 2 is 1.90 bits per heavy atom. The molecule has 1 unspecified atom stereocenters. The van der Waals surface area contributed by atoms with Gasteiger partial charge in [-0.25, -0.2) is 9.67 Å². The van der Waals surface area contributed by atoms with Gasteiger partial charge in [0, 0.05) is 5.69 Å². The van der Waals surface area contributed by atoms with Crippen LogP contribution in [0, 0.1) is 13.8 Å². The molecule has 1 aliphatic rings. The number of aryl methyl sites for hydroxylation is 2. The highest BCUT2D eigenvalue weighted by molar-refractivity contribution is 6.33. The highest BCUT2D eigenvalue weighted by atomic mass is 35.5. The van der Waals surface area contributed by atoms with Crippen LogP contribution in [0.15, 0.2) is 42.5 Å². The molecule has 3 heterocycles. The lowest BCUT2D eigenvalue weighted by atomic mass is 10.2. The van der Waals surface area contributed by atoms with Crippen molar-refractivity contribution in [3.63, 3.8) is 0 Å². The molecule has 2 aromatic heterocycles. The number of ether oxygens (including phenoxy) is 2. The van der Waals surface area contributed by atoms with Gasteiger partial charge in [-0.1, -0.05) is 23.7 Å². The van der Waals surface area contributed by atoms with Crippen molar-refractivity contribution >= 4 is 23.4 Å². The molecule has 4 rings (SSSR count). The second-order valence-electron chi connectivity index (χ2n) is 6.65. The summed E-state index contributed by atoms with van der Waals surface area (Å²) in [5.41, 5.74) is 6.26. The van der Waals surface area contributed by atoms with Crippen LogP contribution < -0.4 is 20.3 Å². The monoisotopic (exact) mass is 427 g/mol. The number of benzene rings is 1. The number of hydrogen-bond acceptors (Lipinski definition) is 6. The lowest BCUT2D eigenvalue weighted by Crippen LogP contribution is -2.51. The molecule has 1 atom stereocenters. The standard InChI is InChI=1S/C20H18ClN5O4/c1-11-9-12(2)26(25-11)17-8-7-13(21)18(22-17)20(28)24-23-19(27)16-10-29-14-5-3-4-6-15(14)30-16/h3-9,16H,10H2,1-2H3,(H,23,27)(H,24,28). The maximum absolute atomic E-state index is 12.6. The van der Waals surface area contributed by atoms with Gasteiger partial charge in [-0.3, -0.25) is 20.4 Å². The van der Waals surface area contributed by atoms with Crippen molar-refractivity contribution < 1.29 is 19.1 Å². The number of amides is 2. The third-order valence-electron chi connectivity index (χ3n) is 4.37. The molecule has 0 fully saturated rings. The van der Waals surface area contributed by atoms with Crippen LogP contribution in [0.4, 0.5) is 0 Å². The molecule has 0 saturated carbocycles. The first-order valence-corrected chi connectivity index (χ1v) is 9.49. The number of fused-ring (bicyclic) bond motifs is 1. The van der Waals surface area contributed by atoms with E-state index in [0.29, 0.717) is 17.3 Å². The van der Waals surface area contributed by atoms with Gasteiger partial charge in [0.15, 0.2) is 23.0 Å². The number of carbonyl (C=O) groups is 2. The number of halogens is 1. The van der Waals surface area contributed by atoms with Crippen LogP contribution in [0.25, 0.3) is 5.82 Å². The summed E-state index contributed by atoms with van der Waals surface area (Å²) >= 11 is 6.13. The second-order valence-corrected chi connectivity index (χ2v) is 7.05. The third kappa shape index (κ3) is 3.92. The molecule has 0 radical (unpaired) electrons. The number of para-hydroxylation sites is 2. The predicted molar refractivity (Wildman–Crippen MR) is 108 cm³/mol. The van der Waals surface area contributed by atoms with Crippen LogP contribution in [0.2, 0.25) is 5.02 Å². The van der Waals surface area contributed by atoms with Crippen molar-refractivity contribution in [2.75, 3.05) is 6.61 Å². The molecule has 3 aromatic rings. The van der Waals surface area contributed by atoms with Crippen LogP contribution >= 0.6 is 11.6 Å². The predicted octanol–water partition coefficient (Wildman–Crippen LogP) is 2.14. The van der Waals surface area contributed by atoms with E-state index in [2.05, 4.69) is 20.9 Å². The molecule has 0 spiro atoms. The second kappa shape index (κ2) is 8.03. The van der Waals surface area contributed by atoms with Gasteiger partial charge < -0.3 is 9.47 Å². The van der Waals surface area contributed by atoms with Crippen LogP contribution in [-0.4, -0.2) is 39.3 Å². The number of aromatic nitrogens is 3. The number of nitrogens with one attached hydrogen (secondary N) is 2. The topological polar surface area (TPSA) is 107 Å². The van der Waals surface area contributed by atoms with Gasteiger partial charge in [-0.05, 0) is 44.2 Å². The third-order valence-corrected chi connectivity index (χ3v) is 4.68. The van der Waals surface area contributed by atoms with Gasteiger partial charge in [-0.15, -0.1) is 0 Å². The van der Waals surface area contributed by atoms with E-state index in [9.17, 15) is 9.59 Å². The first-order valence-electron chi connectivity index (χ1n) is 9.11. The molecule has 1 aromatic carbocycles. The first kappa shape index (κ1) is 19.7. The SMILES string of the molecule is Cc1cc(C)n(-c2ccc(Cl)c(C(=O)NNC(=O)C3COc4ccccc4O3)n2)n1. The zero-order valence-electron chi connectivity index (χ0n) is 16.2. The number of hydrogen-bond donors (Lipinski definition) is 2. The molecule has 0 aliphatic carbocycles. The number of rotatable bonds is 3. The molecule has 154 valence electrons. The average molecular weight is 428 g/mol. The summed E-state index contributed by atoms with van der Waals surface area (Å²) in [5, 5.41) is 4.48. The number of hydrazine groups is 1. The Morgan fingerprint density at radius 3 is 2.63 bits per heavy atom. The maximum atomic E-state index is 12.6. The van der Waals surface area contributed by atoms with Crippen LogP contribution in [0.1, 0.15) is 21.9 Å². The summed E-state index contributed by atoms with van der Waals surface area (Å²) in [6.07, 6.45) is -0.912. The van der Waals surface area contributed by atoms with E-state index in [1.807, 2.05) is 19.9 Å². The van der Waals surface area contributed by atoms with Gasteiger partial charge in [-0.2, -0.15) is 5.10 Å². The highest BCUT2D eigenvalue weighted by Crippen LogP contribution is 2.30. The van der Waals surface area contributed by atoms with E-state index in [1.54, 1.807) is 41.1 Å². The molecular weight excluding hydrogens is 410 g/mol. The molecule has 30 heavy (non-hydrogen) atoms. The summed E-state index contributed by atoms with van der Waals surface area (Å²) in [7, 11) is 0. The van der Waals surface area contributed by atoms with Gasteiger partial charge in [0.1, 0.15) is 6.61 Å². The summed E-state index contributed by atoms with van der Waals surface area (Å²) < 4.78 is 12.7. The Kier molecular flexibility index (Phi) is 5.28. The fraction of sp³-hybridized carbons (Fsp3) is 0.200. The fourth-order valence-electron chi connectivity index (χ4n) is 2.98. The van der Waals surface area contributed by atoms with E-state index in [4.69, 9.17) is 21.1 Å². The first-order chi connectivity index (χ1) is 14.4. The van der Waals surface area contributed by atoms with E-state index in [1.165, 1.54) is 0 Å². The van der Waals surface area contributed by atoms with E-state index >= 15 is 0 Å². The zero-order chi connectivity index (χ0) is 21.3. The Morgan fingerprint density at radius 1 is 1.13 bits per heavy atom. The normalized spacial score (nSPS) is 14.8. The van der Waals surface area contributed by atoms with E-state index < -0.39 is 17.9 Å². The molecule has 9 nitrogen and oxygen atoms in total. The molecular formula is C20H18ClN5O4. The smallest absolute Gasteiger partial charge is 0.289 e. The van der Waals surface area contributed by atoms with Gasteiger partial charge in [0.25, 0.3) is 11.8 Å². The van der Waals surface area contributed by atoms with Crippen LogP contribution in [0.3, 0.4) is 0 Å². The van der Waals surface area contributed by atoms with Crippen molar-refractivity contribution in [1.82, 2.24) is 25.6 Å². The summed E-state index contributed by atoms with van der Waals surface area (Å²) in [4.78, 5) is 29.2. The van der Waals surface area contributed by atoms with Crippen molar-refractivity contribution in [1.29, 1.82) is 0 Å². The zero-order valence-corrected chi connectivity index (χ0v) is 16.9. The molecule has 2 N–H and O–H groups in total. The van der Waals surface area contributed by atoms with Crippen molar-refractivity contribution in [3.05, 3.63) is 64.6 Å². The maximum Gasteiger partial charge on any atom is 0.289 e. The number of carbonyl (C=O) groups excluding carboxylic acids is 2. The molecule has 0 saturated heterocycles. The molecule has 1 aliphatic heterocycles. The minimum absolute atomic E-state index is 0.0190. The van der Waals surface area contributed by atoms with E-state index in [0.717, 1.165) is 11.4 Å². The summed E-state index contributed by atoms with van der Waals surface area (Å²) in [5.74, 6) is 0.208. The van der Waals surface area contributed by atoms with Crippen LogP contribution in [-0.2, 0) is 4.79 Å². The summed E-state index contributed by atoms with van der Waals surface area (Å²) in [6.45, 7) is 3.75. The minimum Gasteiger partial charge on any atom is -0.485 e. The summed E-state index contributed by atoms with van der Waals surface area (Å²) in [6, 6.07) is 12.1. The molecule has 2 amide bonds. The highest BCUT2D eigenvalue weighted by Gasteiger charge is 2.28. The number of pyridine rings is 1. The Balaban J connectivity index is 1.43. The van der Waals surface area contributed by atoms with Gasteiger partial charge in [0.05, 0.1) is 10.7 Å². The van der Waals surface area contributed by atoms with Crippen molar-refractivity contribution in [2.45, 2.75) is 20.0 Å². The Labute approximate surface area is 176 Å². The number of nitrogens with zero attached hydrogens (tertiary/aromatic N) is 3. The quantitative estimate of drug-likeness (QED) is 0.620. The lowest BCUT2D eigenvalue weighted by Gasteiger charge is -2.25. The molecule has 0 bridgehead atoms. The van der Waals surface area contributed by atoms with Crippen molar-refractivity contribution in [2.24, 2.45) is 0 Å². The Bertz CT molecular complexity index is 1130. The average Bonchev–Trinajstić information content (AvgIpc) is 3.09. The van der Waals surface area contributed by atoms with Gasteiger partial charge >= 0.3 is 0 Å². The van der Waals surface area contributed by atoms with Crippen molar-refractivity contribution in [3.8, 4) is 17.3 Å². The largest absolute Gasteiger partial charge is 0.485 e. The van der Waals surface area contributed by atoms with Crippen LogP contribution in [0.5, 0.6) is 11.5 Å². The van der Waals surface area contributed by atoms with E-state index in [-0.39, 0.29) is 17.3 Å². The Hall–Kier alpha value is -3.59. The lowest BCUT2D eigenvalue weighted by molar-refractivity contribution is -0.131. The minimum atomic E-state index is -0.912. The van der Waals surface area contributed by atoms with Gasteiger partial charge in [0.2, 0.25) is 6.10 Å². The molecule has 10 heteroatoms.